The Morgan fingerprint density at radius 2 is 1.96 bits per heavy atom. The van der Waals surface area contributed by atoms with E-state index in [1.165, 1.54) is 0 Å². The molecular formula is C19H17N2O3PS. The van der Waals surface area contributed by atoms with Gasteiger partial charge in [-0.1, -0.05) is 24.3 Å². The first kappa shape index (κ1) is 18.1. The zero-order valence-electron chi connectivity index (χ0n) is 13.8. The van der Waals surface area contributed by atoms with Gasteiger partial charge < -0.3 is 11.1 Å². The normalized spacial score (nSPS) is 11.2. The first-order valence-corrected chi connectivity index (χ1v) is 10.0. The van der Waals surface area contributed by atoms with E-state index in [0.717, 1.165) is 16.0 Å². The molecule has 7 heteroatoms. The van der Waals surface area contributed by atoms with Gasteiger partial charge in [-0.3, -0.25) is 13.9 Å². The Kier molecular flexibility index (Phi) is 5.68. The molecule has 0 aliphatic carbocycles. The fraction of sp³-hybridized carbons (Fsp3) is 0.0526. The minimum atomic E-state index is -1.89. The molecule has 1 amide bonds. The van der Waals surface area contributed by atoms with Crippen LogP contribution in [-0.2, 0) is 15.7 Å². The quantitative estimate of drug-likeness (QED) is 0.466. The zero-order valence-corrected chi connectivity index (χ0v) is 15.6. The fourth-order valence-electron chi connectivity index (χ4n) is 2.35. The second-order valence-corrected chi connectivity index (χ2v) is 7.41. The summed E-state index contributed by atoms with van der Waals surface area (Å²) in [5.74, 6) is -0.254. The van der Waals surface area contributed by atoms with Gasteiger partial charge in [-0.25, -0.2) is 0 Å². The Morgan fingerprint density at radius 1 is 1.19 bits per heavy atom. The summed E-state index contributed by atoms with van der Waals surface area (Å²) in [6.45, 7) is 0.191. The molecule has 0 aliphatic rings. The summed E-state index contributed by atoms with van der Waals surface area (Å²) >= 11 is 1.62. The van der Waals surface area contributed by atoms with Crippen molar-refractivity contribution < 1.29 is 13.9 Å². The maximum absolute atomic E-state index is 12.5. The van der Waals surface area contributed by atoms with E-state index in [1.807, 2.05) is 29.6 Å². The topological polar surface area (TPSA) is 81.4 Å². The number of carbonyl (C=O) groups excluding carboxylic acids is 1. The van der Waals surface area contributed by atoms with Crippen molar-refractivity contribution in [3.63, 3.8) is 0 Å². The van der Waals surface area contributed by atoms with Crippen molar-refractivity contribution in [3.8, 4) is 10.4 Å². The van der Waals surface area contributed by atoms with E-state index < -0.39 is 7.65 Å². The molecule has 1 heterocycles. The first-order chi connectivity index (χ1) is 12.5. The van der Waals surface area contributed by atoms with E-state index in [4.69, 9.17) is 10.3 Å². The summed E-state index contributed by atoms with van der Waals surface area (Å²) in [5.41, 5.74) is 9.38. The summed E-state index contributed by atoms with van der Waals surface area (Å²) in [7, 11) is -1.89. The van der Waals surface area contributed by atoms with Gasteiger partial charge in [0.2, 0.25) is 7.65 Å². The molecule has 1 atom stereocenters. The van der Waals surface area contributed by atoms with Crippen molar-refractivity contribution in [2.45, 2.75) is 6.61 Å². The second kappa shape index (κ2) is 8.15. The standard InChI is InChI=1S/C19H17N2O3PS/c1-25(23)24-12-13-4-6-14(7-5-13)19(22)21-17-11-15(8-9-16(17)20)18-3-2-10-26-18/h2-11H,1,12,20H2,(H,21,22). The predicted octanol–water partition coefficient (Wildman–Crippen LogP) is 4.94. The van der Waals surface area contributed by atoms with Crippen LogP contribution in [0.25, 0.3) is 10.4 Å². The molecular weight excluding hydrogens is 367 g/mol. The molecule has 1 aromatic heterocycles. The molecule has 0 fully saturated rings. The molecule has 3 N–H and O–H groups in total. The Hall–Kier alpha value is -2.66. The van der Waals surface area contributed by atoms with Gasteiger partial charge in [0.05, 0.1) is 18.0 Å². The van der Waals surface area contributed by atoms with Crippen LogP contribution < -0.4 is 11.1 Å². The highest BCUT2D eigenvalue weighted by molar-refractivity contribution is 7.37. The number of hydrogen-bond acceptors (Lipinski definition) is 5. The van der Waals surface area contributed by atoms with Crippen LogP contribution in [0.15, 0.2) is 60.0 Å². The first-order valence-electron chi connectivity index (χ1n) is 7.77. The van der Waals surface area contributed by atoms with E-state index in [2.05, 4.69) is 11.6 Å². The lowest BCUT2D eigenvalue weighted by atomic mass is 10.1. The molecule has 0 aliphatic heterocycles. The molecule has 0 bridgehead atoms. The molecule has 0 saturated heterocycles. The van der Waals surface area contributed by atoms with Crippen LogP contribution in [0, 0.1) is 0 Å². The lowest BCUT2D eigenvalue weighted by molar-refractivity contribution is 0.102. The van der Waals surface area contributed by atoms with Crippen LogP contribution in [0.4, 0.5) is 11.4 Å². The molecule has 132 valence electrons. The highest BCUT2D eigenvalue weighted by atomic mass is 32.1. The van der Waals surface area contributed by atoms with Crippen LogP contribution in [0.5, 0.6) is 0 Å². The molecule has 5 nitrogen and oxygen atoms in total. The SMILES string of the molecule is C=P(=O)OCc1ccc(C(=O)Nc2cc(-c3cccs3)ccc2N)cc1. The number of amides is 1. The number of nitrogens with two attached hydrogens (primary N) is 1. The fourth-order valence-corrected chi connectivity index (χ4v) is 3.37. The number of rotatable bonds is 6. The van der Waals surface area contributed by atoms with Crippen molar-refractivity contribution in [1.29, 1.82) is 0 Å². The Labute approximate surface area is 155 Å². The lowest BCUT2D eigenvalue weighted by Crippen LogP contribution is -2.13. The number of carbonyl (C=O) groups is 1. The molecule has 0 spiro atoms. The Morgan fingerprint density at radius 3 is 2.62 bits per heavy atom. The van der Waals surface area contributed by atoms with E-state index >= 15 is 0 Å². The van der Waals surface area contributed by atoms with Gasteiger partial charge in [0, 0.05) is 10.4 Å². The summed E-state index contributed by atoms with van der Waals surface area (Å²) in [4.78, 5) is 13.6. The summed E-state index contributed by atoms with van der Waals surface area (Å²) < 4.78 is 15.8. The van der Waals surface area contributed by atoms with Gasteiger partial charge in [-0.2, -0.15) is 0 Å². The van der Waals surface area contributed by atoms with Crippen LogP contribution >= 0.6 is 19.0 Å². The average Bonchev–Trinajstić information content (AvgIpc) is 3.17. The van der Waals surface area contributed by atoms with Crippen molar-refractivity contribution in [2.24, 2.45) is 0 Å². The van der Waals surface area contributed by atoms with E-state index in [1.54, 1.807) is 41.7 Å². The van der Waals surface area contributed by atoms with Crippen LogP contribution in [0.3, 0.4) is 0 Å². The predicted molar refractivity (Wildman–Crippen MR) is 108 cm³/mol. The third-order valence-corrected chi connectivity index (χ3v) is 5.03. The van der Waals surface area contributed by atoms with Crippen molar-refractivity contribution >= 4 is 42.6 Å². The minimum absolute atomic E-state index is 0.191. The van der Waals surface area contributed by atoms with E-state index in [9.17, 15) is 9.36 Å². The third-order valence-electron chi connectivity index (χ3n) is 3.70. The maximum atomic E-state index is 12.5. The molecule has 3 rings (SSSR count). The highest BCUT2D eigenvalue weighted by Gasteiger charge is 2.10. The van der Waals surface area contributed by atoms with Gasteiger partial charge in [0.1, 0.15) is 0 Å². The number of benzene rings is 2. The van der Waals surface area contributed by atoms with Crippen LogP contribution in [-0.4, -0.2) is 12.2 Å². The molecule has 0 radical (unpaired) electrons. The van der Waals surface area contributed by atoms with Crippen molar-refractivity contribution in [3.05, 3.63) is 71.1 Å². The second-order valence-electron chi connectivity index (χ2n) is 5.54. The van der Waals surface area contributed by atoms with E-state index in [0.29, 0.717) is 16.9 Å². The molecule has 1 unspecified atom stereocenters. The number of hydrogen-bond donors (Lipinski definition) is 2. The maximum Gasteiger partial charge on any atom is 0.255 e. The molecule has 0 saturated carbocycles. The largest absolute Gasteiger partial charge is 0.397 e. The summed E-state index contributed by atoms with van der Waals surface area (Å²) in [5, 5.41) is 4.85. The zero-order chi connectivity index (χ0) is 18.5. The molecule has 3 aromatic rings. The number of nitrogens with one attached hydrogen (secondary N) is 1. The monoisotopic (exact) mass is 384 g/mol. The van der Waals surface area contributed by atoms with Gasteiger partial charge in [0.15, 0.2) is 0 Å². The number of nitrogen functional groups attached to an aromatic ring is 1. The minimum Gasteiger partial charge on any atom is -0.397 e. The van der Waals surface area contributed by atoms with Gasteiger partial charge >= 0.3 is 0 Å². The summed E-state index contributed by atoms with van der Waals surface area (Å²) in [6, 6.07) is 16.4. The molecule has 2 aromatic carbocycles. The van der Waals surface area contributed by atoms with Crippen molar-refractivity contribution in [2.75, 3.05) is 11.1 Å². The molecule has 26 heavy (non-hydrogen) atoms. The Balaban J connectivity index is 1.74. The highest BCUT2D eigenvalue weighted by Crippen LogP contribution is 2.30. The average molecular weight is 384 g/mol. The van der Waals surface area contributed by atoms with Gasteiger partial charge in [-0.05, 0) is 53.1 Å². The third kappa shape index (κ3) is 4.49. The smallest absolute Gasteiger partial charge is 0.255 e. The number of thiophene rings is 1. The summed E-state index contributed by atoms with van der Waals surface area (Å²) in [6.07, 6.45) is 3.29. The van der Waals surface area contributed by atoms with E-state index in [-0.39, 0.29) is 12.5 Å². The van der Waals surface area contributed by atoms with Gasteiger partial charge in [-0.15, -0.1) is 11.3 Å². The van der Waals surface area contributed by atoms with Gasteiger partial charge in [0.25, 0.3) is 5.91 Å². The lowest BCUT2D eigenvalue weighted by Gasteiger charge is -2.10. The van der Waals surface area contributed by atoms with Crippen molar-refractivity contribution in [1.82, 2.24) is 0 Å². The number of anilines is 2. The van der Waals surface area contributed by atoms with Crippen LogP contribution in [0.1, 0.15) is 15.9 Å². The van der Waals surface area contributed by atoms with Crippen LogP contribution in [0.2, 0.25) is 0 Å². The Bertz CT molecular complexity index is 973.